The molecule has 0 saturated heterocycles. The molecule has 0 spiro atoms. The van der Waals surface area contributed by atoms with Crippen LogP contribution in [-0.2, 0) is 4.79 Å². The van der Waals surface area contributed by atoms with Crippen molar-refractivity contribution >= 4 is 11.7 Å². The zero-order chi connectivity index (χ0) is 16.1. The topological polar surface area (TPSA) is 59.3 Å². The van der Waals surface area contributed by atoms with Crippen molar-refractivity contribution in [1.82, 2.24) is 5.32 Å². The van der Waals surface area contributed by atoms with Gasteiger partial charge in [-0.05, 0) is 32.9 Å². The molecule has 22 heavy (non-hydrogen) atoms. The Kier molecular flexibility index (Phi) is 5.15. The second-order valence-corrected chi connectivity index (χ2v) is 5.53. The molecule has 0 aliphatic heterocycles. The smallest absolute Gasteiger partial charge is 0.221 e. The van der Waals surface area contributed by atoms with Gasteiger partial charge in [-0.15, -0.1) is 0 Å². The van der Waals surface area contributed by atoms with Crippen molar-refractivity contribution in [2.45, 2.75) is 39.7 Å². The summed E-state index contributed by atoms with van der Waals surface area (Å²) in [5.74, 6) is 1.36. The van der Waals surface area contributed by atoms with E-state index in [1.54, 1.807) is 12.1 Å². The number of hydrogen-bond acceptors (Lipinski definition) is 3. The summed E-state index contributed by atoms with van der Waals surface area (Å²) in [6.07, 6.45) is 0.384. The van der Waals surface area contributed by atoms with Gasteiger partial charge in [-0.3, -0.25) is 9.59 Å². The van der Waals surface area contributed by atoms with Crippen molar-refractivity contribution in [3.63, 3.8) is 0 Å². The van der Waals surface area contributed by atoms with E-state index in [9.17, 15) is 9.59 Å². The molecule has 1 atom stereocenters. The number of amides is 1. The van der Waals surface area contributed by atoms with Crippen LogP contribution in [0.4, 0.5) is 0 Å². The van der Waals surface area contributed by atoms with Crippen LogP contribution >= 0.6 is 0 Å². The maximum absolute atomic E-state index is 12.0. The molecular weight excluding hydrogens is 278 g/mol. The minimum atomic E-state index is -0.198. The first-order chi connectivity index (χ1) is 10.5. The second kappa shape index (κ2) is 7.07. The lowest BCUT2D eigenvalue weighted by molar-refractivity contribution is -0.121. The summed E-state index contributed by atoms with van der Waals surface area (Å²) >= 11 is 0. The van der Waals surface area contributed by atoms with E-state index < -0.39 is 0 Å². The third-order valence-corrected chi connectivity index (χ3v) is 3.52. The number of hydrogen-bond donors (Lipinski definition) is 1. The number of ketones is 1. The molecule has 1 heterocycles. The molecule has 0 fully saturated rings. The number of carbonyl (C=O) groups excluding carboxylic acids is 2. The van der Waals surface area contributed by atoms with Gasteiger partial charge in [0.1, 0.15) is 11.5 Å². The fourth-order valence-electron chi connectivity index (χ4n) is 2.18. The Morgan fingerprint density at radius 2 is 1.73 bits per heavy atom. The number of furan rings is 1. The Labute approximate surface area is 130 Å². The number of benzene rings is 1. The van der Waals surface area contributed by atoms with Gasteiger partial charge in [0, 0.05) is 18.4 Å². The van der Waals surface area contributed by atoms with Crippen molar-refractivity contribution in [1.29, 1.82) is 0 Å². The molecule has 0 radical (unpaired) electrons. The quantitative estimate of drug-likeness (QED) is 0.827. The molecule has 4 heteroatoms. The second-order valence-electron chi connectivity index (χ2n) is 5.53. The maximum Gasteiger partial charge on any atom is 0.221 e. The predicted molar refractivity (Wildman–Crippen MR) is 84.7 cm³/mol. The minimum absolute atomic E-state index is 0.0170. The minimum Gasteiger partial charge on any atom is -0.464 e. The van der Waals surface area contributed by atoms with Crippen LogP contribution in [0.15, 0.2) is 40.8 Å². The van der Waals surface area contributed by atoms with Crippen molar-refractivity contribution in [3.05, 3.63) is 59.0 Å². The highest BCUT2D eigenvalue weighted by Crippen LogP contribution is 2.16. The van der Waals surface area contributed by atoms with Crippen LogP contribution in [0.5, 0.6) is 0 Å². The van der Waals surface area contributed by atoms with Crippen molar-refractivity contribution < 1.29 is 14.0 Å². The molecule has 2 rings (SSSR count). The van der Waals surface area contributed by atoms with E-state index in [0.717, 1.165) is 17.1 Å². The lowest BCUT2D eigenvalue weighted by Crippen LogP contribution is -2.26. The van der Waals surface area contributed by atoms with E-state index in [-0.39, 0.29) is 30.6 Å². The van der Waals surface area contributed by atoms with Gasteiger partial charge in [0.2, 0.25) is 5.91 Å². The van der Waals surface area contributed by atoms with Crippen molar-refractivity contribution in [2.75, 3.05) is 0 Å². The number of rotatable bonds is 6. The molecule has 1 N–H and O–H groups in total. The largest absolute Gasteiger partial charge is 0.464 e. The average Bonchev–Trinajstić information content (AvgIpc) is 2.92. The molecule has 0 unspecified atom stereocenters. The van der Waals surface area contributed by atoms with Gasteiger partial charge in [0.15, 0.2) is 5.78 Å². The zero-order valence-corrected chi connectivity index (χ0v) is 13.2. The molecule has 1 amide bonds. The molecule has 0 aliphatic carbocycles. The van der Waals surface area contributed by atoms with Crippen LogP contribution in [0, 0.1) is 13.8 Å². The summed E-state index contributed by atoms with van der Waals surface area (Å²) in [6, 6.07) is 10.9. The average molecular weight is 299 g/mol. The predicted octanol–water partition coefficient (Wildman–Crippen LogP) is 3.74. The van der Waals surface area contributed by atoms with Crippen molar-refractivity contribution in [3.8, 4) is 0 Å². The molecule has 1 aromatic carbocycles. The molecule has 1 aromatic heterocycles. The highest BCUT2D eigenvalue weighted by molar-refractivity contribution is 5.97. The van der Waals surface area contributed by atoms with Crippen molar-refractivity contribution in [2.24, 2.45) is 0 Å². The number of aryl methyl sites for hydroxylation is 2. The third-order valence-electron chi connectivity index (χ3n) is 3.52. The summed E-state index contributed by atoms with van der Waals surface area (Å²) in [4.78, 5) is 23.9. The van der Waals surface area contributed by atoms with Crippen LogP contribution in [0.3, 0.4) is 0 Å². The number of Topliss-reactive ketones (excluding diaryl/α,β-unsaturated/α-hetero) is 1. The van der Waals surface area contributed by atoms with E-state index in [2.05, 4.69) is 5.32 Å². The maximum atomic E-state index is 12.0. The van der Waals surface area contributed by atoms with E-state index in [1.165, 1.54) is 0 Å². The molecular formula is C18H21NO3. The van der Waals surface area contributed by atoms with E-state index in [4.69, 9.17) is 4.42 Å². The van der Waals surface area contributed by atoms with E-state index >= 15 is 0 Å². The number of nitrogens with one attached hydrogen (secondary N) is 1. The SMILES string of the molecule is Cc1ccc(C(=O)CCC(=O)N[C@@H](C)c2ccc(C)o2)cc1. The number of carbonyl (C=O) groups is 2. The summed E-state index contributed by atoms with van der Waals surface area (Å²) in [6.45, 7) is 5.69. The molecule has 4 nitrogen and oxygen atoms in total. The van der Waals surface area contributed by atoms with Crippen LogP contribution in [-0.4, -0.2) is 11.7 Å². The van der Waals surface area contributed by atoms with Gasteiger partial charge in [-0.1, -0.05) is 29.8 Å². The van der Waals surface area contributed by atoms with Crippen LogP contribution in [0.1, 0.15) is 53.2 Å². The van der Waals surface area contributed by atoms with Gasteiger partial charge in [-0.25, -0.2) is 0 Å². The Morgan fingerprint density at radius 1 is 1.05 bits per heavy atom. The summed E-state index contributed by atoms with van der Waals surface area (Å²) < 4.78 is 5.47. The summed E-state index contributed by atoms with van der Waals surface area (Å²) in [5.41, 5.74) is 1.75. The van der Waals surface area contributed by atoms with Crippen LogP contribution in [0.25, 0.3) is 0 Å². The van der Waals surface area contributed by atoms with Gasteiger partial charge in [-0.2, -0.15) is 0 Å². The normalized spacial score (nSPS) is 12.0. The first-order valence-electron chi connectivity index (χ1n) is 7.41. The molecule has 116 valence electrons. The van der Waals surface area contributed by atoms with Gasteiger partial charge >= 0.3 is 0 Å². The fraction of sp³-hybridized carbons (Fsp3) is 0.333. The monoisotopic (exact) mass is 299 g/mol. The molecule has 0 saturated carbocycles. The summed E-state index contributed by atoms with van der Waals surface area (Å²) in [5, 5.41) is 2.84. The van der Waals surface area contributed by atoms with E-state index in [1.807, 2.05) is 45.0 Å². The molecule has 0 aliphatic rings. The Morgan fingerprint density at radius 3 is 2.32 bits per heavy atom. The third kappa shape index (κ3) is 4.32. The first-order valence-corrected chi connectivity index (χ1v) is 7.41. The fourth-order valence-corrected chi connectivity index (χ4v) is 2.18. The van der Waals surface area contributed by atoms with E-state index in [0.29, 0.717) is 5.56 Å². The Balaban J connectivity index is 1.82. The van der Waals surface area contributed by atoms with Crippen LogP contribution in [0.2, 0.25) is 0 Å². The Hall–Kier alpha value is -2.36. The van der Waals surface area contributed by atoms with Gasteiger partial charge in [0.25, 0.3) is 0 Å². The first kappa shape index (κ1) is 16.0. The molecule has 2 aromatic rings. The standard InChI is InChI=1S/C18H21NO3/c1-12-4-7-15(8-5-12)16(20)9-11-18(21)19-14(3)17-10-6-13(2)22-17/h4-8,10,14H,9,11H2,1-3H3,(H,19,21)/t14-/m0/s1. The summed E-state index contributed by atoms with van der Waals surface area (Å²) in [7, 11) is 0. The van der Waals surface area contributed by atoms with Gasteiger partial charge in [0.05, 0.1) is 6.04 Å². The zero-order valence-electron chi connectivity index (χ0n) is 13.2. The molecule has 0 bridgehead atoms. The highest BCUT2D eigenvalue weighted by atomic mass is 16.3. The van der Waals surface area contributed by atoms with Crippen LogP contribution < -0.4 is 5.32 Å². The highest BCUT2D eigenvalue weighted by Gasteiger charge is 2.14. The lowest BCUT2D eigenvalue weighted by Gasteiger charge is -2.11. The Bertz CT molecular complexity index is 655. The lowest BCUT2D eigenvalue weighted by atomic mass is 10.0. The van der Waals surface area contributed by atoms with Gasteiger partial charge < -0.3 is 9.73 Å².